The summed E-state index contributed by atoms with van der Waals surface area (Å²) in [4.78, 5) is 8.18. The van der Waals surface area contributed by atoms with E-state index in [0.29, 0.717) is 18.3 Å². The standard InChI is InChI=1S/C10H12N4O/c11-5-1-2-9-13-10(15-14-9)8-3-6-12-7-4-8/h3-4,6-7H,1-2,5,11H2. The van der Waals surface area contributed by atoms with Gasteiger partial charge in [-0.25, -0.2) is 0 Å². The van der Waals surface area contributed by atoms with Crippen LogP contribution < -0.4 is 5.73 Å². The van der Waals surface area contributed by atoms with Crippen LogP contribution in [-0.2, 0) is 6.42 Å². The Bertz CT molecular complexity index is 412. The van der Waals surface area contributed by atoms with Gasteiger partial charge in [0.15, 0.2) is 5.82 Å². The minimum Gasteiger partial charge on any atom is -0.334 e. The van der Waals surface area contributed by atoms with E-state index in [2.05, 4.69) is 15.1 Å². The zero-order chi connectivity index (χ0) is 10.5. The van der Waals surface area contributed by atoms with Crippen LogP contribution in [0.5, 0.6) is 0 Å². The van der Waals surface area contributed by atoms with Gasteiger partial charge in [0.1, 0.15) is 0 Å². The van der Waals surface area contributed by atoms with Crippen molar-refractivity contribution < 1.29 is 4.52 Å². The summed E-state index contributed by atoms with van der Waals surface area (Å²) in [6.45, 7) is 0.638. The van der Waals surface area contributed by atoms with E-state index in [1.165, 1.54) is 0 Å². The largest absolute Gasteiger partial charge is 0.334 e. The lowest BCUT2D eigenvalue weighted by Gasteiger charge is -1.90. The summed E-state index contributed by atoms with van der Waals surface area (Å²) in [5, 5.41) is 3.87. The first-order valence-corrected chi connectivity index (χ1v) is 4.83. The van der Waals surface area contributed by atoms with Crippen molar-refractivity contribution in [3.63, 3.8) is 0 Å². The van der Waals surface area contributed by atoms with E-state index in [9.17, 15) is 0 Å². The third kappa shape index (κ3) is 2.38. The average molecular weight is 204 g/mol. The molecule has 0 atom stereocenters. The van der Waals surface area contributed by atoms with Crippen molar-refractivity contribution in [3.05, 3.63) is 30.4 Å². The third-order valence-electron chi connectivity index (χ3n) is 2.00. The molecule has 0 amide bonds. The molecule has 0 saturated heterocycles. The molecule has 0 aliphatic heterocycles. The van der Waals surface area contributed by atoms with Crippen molar-refractivity contribution in [1.82, 2.24) is 15.1 Å². The molecule has 0 saturated carbocycles. The van der Waals surface area contributed by atoms with E-state index >= 15 is 0 Å². The van der Waals surface area contributed by atoms with Crippen molar-refractivity contribution >= 4 is 0 Å². The van der Waals surface area contributed by atoms with Crippen LogP contribution in [0.1, 0.15) is 12.2 Å². The van der Waals surface area contributed by atoms with Gasteiger partial charge >= 0.3 is 0 Å². The van der Waals surface area contributed by atoms with Crippen molar-refractivity contribution in [1.29, 1.82) is 0 Å². The molecular formula is C10H12N4O. The lowest BCUT2D eigenvalue weighted by molar-refractivity contribution is 0.422. The number of nitrogens with two attached hydrogens (primary N) is 1. The predicted molar refractivity (Wildman–Crippen MR) is 54.9 cm³/mol. The highest BCUT2D eigenvalue weighted by molar-refractivity contribution is 5.50. The minimum absolute atomic E-state index is 0.532. The molecule has 2 rings (SSSR count). The van der Waals surface area contributed by atoms with Crippen molar-refractivity contribution in [3.8, 4) is 11.5 Å². The zero-order valence-electron chi connectivity index (χ0n) is 8.26. The molecule has 0 unspecified atom stereocenters. The van der Waals surface area contributed by atoms with Gasteiger partial charge in [0.2, 0.25) is 0 Å². The van der Waals surface area contributed by atoms with Gasteiger partial charge in [-0.1, -0.05) is 5.16 Å². The molecule has 78 valence electrons. The molecule has 0 aliphatic carbocycles. The SMILES string of the molecule is NCCCc1noc(-c2ccncc2)n1. The fourth-order valence-electron chi connectivity index (χ4n) is 1.23. The molecule has 0 spiro atoms. The van der Waals surface area contributed by atoms with Gasteiger partial charge in [-0.05, 0) is 25.1 Å². The zero-order valence-corrected chi connectivity index (χ0v) is 8.26. The quantitative estimate of drug-likeness (QED) is 0.804. The van der Waals surface area contributed by atoms with Crippen molar-refractivity contribution in [2.45, 2.75) is 12.8 Å². The maximum atomic E-state index is 5.40. The molecule has 0 aromatic carbocycles. The van der Waals surface area contributed by atoms with Gasteiger partial charge in [0, 0.05) is 24.4 Å². The number of nitrogens with zero attached hydrogens (tertiary/aromatic N) is 3. The van der Waals surface area contributed by atoms with Gasteiger partial charge in [-0.15, -0.1) is 0 Å². The monoisotopic (exact) mass is 204 g/mol. The maximum absolute atomic E-state index is 5.40. The number of hydrogen-bond donors (Lipinski definition) is 1. The Morgan fingerprint density at radius 2 is 2.07 bits per heavy atom. The fraction of sp³-hybridized carbons (Fsp3) is 0.300. The van der Waals surface area contributed by atoms with Gasteiger partial charge in [0.25, 0.3) is 5.89 Å². The summed E-state index contributed by atoms with van der Waals surface area (Å²) in [5.74, 6) is 1.23. The maximum Gasteiger partial charge on any atom is 0.258 e. The molecular weight excluding hydrogens is 192 g/mol. The molecule has 0 radical (unpaired) electrons. The summed E-state index contributed by atoms with van der Waals surface area (Å²) < 4.78 is 5.12. The Morgan fingerprint density at radius 3 is 2.80 bits per heavy atom. The Morgan fingerprint density at radius 1 is 1.27 bits per heavy atom. The fourth-order valence-corrected chi connectivity index (χ4v) is 1.23. The van der Waals surface area contributed by atoms with E-state index < -0.39 is 0 Å². The lowest BCUT2D eigenvalue weighted by Crippen LogP contribution is -2.01. The molecule has 2 aromatic heterocycles. The molecule has 15 heavy (non-hydrogen) atoms. The van der Waals surface area contributed by atoms with E-state index in [1.807, 2.05) is 12.1 Å². The summed E-state index contributed by atoms with van der Waals surface area (Å²) in [6.07, 6.45) is 5.01. The Hall–Kier alpha value is -1.75. The normalized spacial score (nSPS) is 10.5. The van der Waals surface area contributed by atoms with Crippen LogP contribution in [0, 0.1) is 0 Å². The minimum atomic E-state index is 0.532. The van der Waals surface area contributed by atoms with E-state index in [-0.39, 0.29) is 0 Å². The van der Waals surface area contributed by atoms with Crippen LogP contribution >= 0.6 is 0 Å². The first-order valence-electron chi connectivity index (χ1n) is 4.83. The summed E-state index contributed by atoms with van der Waals surface area (Å²) in [6, 6.07) is 3.67. The third-order valence-corrected chi connectivity index (χ3v) is 2.00. The first-order chi connectivity index (χ1) is 7.40. The van der Waals surface area contributed by atoms with Gasteiger partial charge in [-0.2, -0.15) is 4.98 Å². The molecule has 0 aliphatic rings. The summed E-state index contributed by atoms with van der Waals surface area (Å²) in [7, 11) is 0. The topological polar surface area (TPSA) is 77.8 Å². The highest BCUT2D eigenvalue weighted by Crippen LogP contribution is 2.15. The van der Waals surface area contributed by atoms with Crippen LogP contribution in [-0.4, -0.2) is 21.7 Å². The molecule has 0 bridgehead atoms. The summed E-state index contributed by atoms with van der Waals surface area (Å²) >= 11 is 0. The lowest BCUT2D eigenvalue weighted by atomic mass is 10.2. The van der Waals surface area contributed by atoms with Gasteiger partial charge in [-0.3, -0.25) is 4.98 Å². The van der Waals surface area contributed by atoms with Crippen LogP contribution in [0.3, 0.4) is 0 Å². The average Bonchev–Trinajstić information content (AvgIpc) is 2.76. The van der Waals surface area contributed by atoms with Crippen LogP contribution in [0.4, 0.5) is 0 Å². The second-order valence-corrected chi connectivity index (χ2v) is 3.14. The number of aryl methyl sites for hydroxylation is 1. The summed E-state index contributed by atoms with van der Waals surface area (Å²) in [5.41, 5.74) is 6.29. The Balaban J connectivity index is 2.14. The Kier molecular flexibility index (Phi) is 3.04. The highest BCUT2D eigenvalue weighted by atomic mass is 16.5. The van der Waals surface area contributed by atoms with E-state index in [0.717, 1.165) is 18.4 Å². The molecule has 5 heteroatoms. The van der Waals surface area contributed by atoms with E-state index in [4.69, 9.17) is 10.3 Å². The number of pyridine rings is 1. The molecule has 2 aromatic rings. The predicted octanol–water partition coefficient (Wildman–Crippen LogP) is 1.02. The number of rotatable bonds is 4. The van der Waals surface area contributed by atoms with Crippen molar-refractivity contribution in [2.24, 2.45) is 5.73 Å². The van der Waals surface area contributed by atoms with Crippen molar-refractivity contribution in [2.75, 3.05) is 6.54 Å². The van der Waals surface area contributed by atoms with Gasteiger partial charge in [0.05, 0.1) is 0 Å². The van der Waals surface area contributed by atoms with Crippen LogP contribution in [0.15, 0.2) is 29.0 Å². The number of aromatic nitrogens is 3. The van der Waals surface area contributed by atoms with E-state index in [1.54, 1.807) is 12.4 Å². The second-order valence-electron chi connectivity index (χ2n) is 3.14. The smallest absolute Gasteiger partial charge is 0.258 e. The molecule has 2 heterocycles. The molecule has 2 N–H and O–H groups in total. The highest BCUT2D eigenvalue weighted by Gasteiger charge is 2.07. The number of hydrogen-bond acceptors (Lipinski definition) is 5. The van der Waals surface area contributed by atoms with Crippen LogP contribution in [0.2, 0.25) is 0 Å². The van der Waals surface area contributed by atoms with Crippen LogP contribution in [0.25, 0.3) is 11.5 Å². The molecule has 0 fully saturated rings. The first kappa shape index (κ1) is 9.79. The van der Waals surface area contributed by atoms with Gasteiger partial charge < -0.3 is 10.3 Å². The Labute approximate surface area is 87.3 Å². The molecule has 5 nitrogen and oxygen atoms in total. The second kappa shape index (κ2) is 4.65.